The summed E-state index contributed by atoms with van der Waals surface area (Å²) in [5.74, 6) is 6.47. The molecule has 0 aliphatic heterocycles. The van der Waals surface area contributed by atoms with E-state index in [1.165, 1.54) is 35.9 Å². The molecule has 0 aromatic rings. The predicted octanol–water partition coefficient (Wildman–Crippen LogP) is 2.70. The lowest BCUT2D eigenvalue weighted by Gasteiger charge is -2.01. The molecule has 12 heavy (non-hydrogen) atoms. The molecule has 0 aliphatic rings. The molecule has 0 amide bonds. The molecule has 1 atom stereocenters. The highest BCUT2D eigenvalue weighted by molar-refractivity contribution is 8.01. The molecule has 1 unspecified atom stereocenters. The largest absolute Gasteiger partial charge is 0.174 e. The van der Waals surface area contributed by atoms with E-state index in [4.69, 9.17) is 0 Å². The maximum atomic E-state index is 4.24. The van der Waals surface area contributed by atoms with Crippen LogP contribution in [0.15, 0.2) is 0 Å². The first-order chi connectivity index (χ1) is 5.81. The highest BCUT2D eigenvalue weighted by atomic mass is 32.2. The van der Waals surface area contributed by atoms with E-state index in [9.17, 15) is 0 Å². The monoisotopic (exact) mass is 225 g/mol. The predicted molar refractivity (Wildman–Crippen MR) is 69.1 cm³/mol. The van der Waals surface area contributed by atoms with Gasteiger partial charge in [0.15, 0.2) is 0 Å². The summed E-state index contributed by atoms with van der Waals surface area (Å²) in [5, 5.41) is 0. The second-order valence-corrected chi connectivity index (χ2v) is 6.93. The third kappa shape index (κ3) is 9.14. The molecule has 0 N–H and O–H groups in total. The van der Waals surface area contributed by atoms with Crippen LogP contribution in [-0.4, -0.2) is 35.0 Å². The summed E-state index contributed by atoms with van der Waals surface area (Å²) in [5.41, 5.74) is 0. The summed E-state index contributed by atoms with van der Waals surface area (Å²) in [6.07, 6.45) is 5.08. The Morgan fingerprint density at radius 3 is 2.58 bits per heavy atom. The molecule has 0 saturated heterocycles. The molecule has 3 heteroatoms. The molecule has 0 saturated carbocycles. The minimum Gasteiger partial charge on any atom is -0.174 e. The van der Waals surface area contributed by atoms with Crippen molar-refractivity contribution in [3.8, 4) is 0 Å². The van der Waals surface area contributed by atoms with Crippen molar-refractivity contribution >= 4 is 35.3 Å². The minimum absolute atomic E-state index is 0.627. The van der Waals surface area contributed by atoms with Crippen molar-refractivity contribution in [2.24, 2.45) is 0 Å². The van der Waals surface area contributed by atoms with E-state index in [1.807, 2.05) is 0 Å². The summed E-state index contributed by atoms with van der Waals surface area (Å²) >= 11 is 6.35. The first-order valence-corrected chi connectivity index (χ1v) is 8.34. The fourth-order valence-electron chi connectivity index (χ4n) is 0.808. The molecule has 0 heterocycles. The van der Waals surface area contributed by atoms with Gasteiger partial charge in [0, 0.05) is 11.5 Å². The van der Waals surface area contributed by atoms with Crippen LogP contribution in [0.25, 0.3) is 0 Å². The highest BCUT2D eigenvalue weighted by Gasteiger charge is 2.07. The van der Waals surface area contributed by atoms with Gasteiger partial charge < -0.3 is 0 Å². The van der Waals surface area contributed by atoms with Crippen molar-refractivity contribution < 1.29 is 0 Å². The molecule has 0 fully saturated rings. The Kier molecular flexibility index (Phi) is 11.0. The van der Waals surface area contributed by atoms with Crippen LogP contribution in [0, 0.1) is 0 Å². The van der Waals surface area contributed by atoms with E-state index in [0.29, 0.717) is 10.9 Å². The Bertz CT molecular complexity index is 85.8. The lowest BCUT2D eigenvalue weighted by molar-refractivity contribution is 0.896. The Labute approximate surface area is 90.0 Å². The van der Waals surface area contributed by atoms with Crippen LogP contribution in [0.2, 0.25) is 0 Å². The van der Waals surface area contributed by atoms with E-state index >= 15 is 0 Å². The van der Waals surface area contributed by atoms with Gasteiger partial charge in [0.1, 0.15) is 11.5 Å². The van der Waals surface area contributed by atoms with E-state index in [-0.39, 0.29) is 0 Å². The van der Waals surface area contributed by atoms with Crippen LogP contribution in [0.1, 0.15) is 19.8 Å². The van der Waals surface area contributed by atoms with Gasteiger partial charge in [0.05, 0.1) is 6.26 Å². The molecular formula is C9H21S3+. The van der Waals surface area contributed by atoms with E-state index in [1.54, 1.807) is 0 Å². The normalized spacial score (nSPS) is 13.2. The smallest absolute Gasteiger partial charge is 0.116 e. The second kappa shape index (κ2) is 10.1. The van der Waals surface area contributed by atoms with Crippen molar-refractivity contribution in [1.82, 2.24) is 0 Å². The van der Waals surface area contributed by atoms with Gasteiger partial charge >= 0.3 is 0 Å². The molecular weight excluding hydrogens is 204 g/mol. The lowest BCUT2D eigenvalue weighted by Crippen LogP contribution is -2.12. The molecule has 0 spiro atoms. The van der Waals surface area contributed by atoms with E-state index < -0.39 is 0 Å². The first kappa shape index (κ1) is 13.1. The fraction of sp³-hybridized carbons (Fsp3) is 1.00. The van der Waals surface area contributed by atoms with Gasteiger partial charge in [-0.1, -0.05) is 13.3 Å². The number of thiol groups is 1. The molecule has 74 valence electrons. The van der Waals surface area contributed by atoms with Gasteiger partial charge in [-0.25, -0.2) is 0 Å². The van der Waals surface area contributed by atoms with Crippen molar-refractivity contribution in [2.45, 2.75) is 19.8 Å². The van der Waals surface area contributed by atoms with Gasteiger partial charge in [0.25, 0.3) is 0 Å². The van der Waals surface area contributed by atoms with Gasteiger partial charge in [-0.2, -0.15) is 24.4 Å². The molecule has 0 bridgehead atoms. The summed E-state index contributed by atoms with van der Waals surface area (Å²) in [6.45, 7) is 2.26. The number of unbranched alkanes of at least 4 members (excludes halogenated alkanes) is 1. The average Bonchev–Trinajstić information content (AvgIpc) is 2.05. The SMILES string of the molecule is CCCCSCC[S+](C)CCS. The molecule has 0 radical (unpaired) electrons. The summed E-state index contributed by atoms with van der Waals surface area (Å²) in [6, 6.07) is 0. The van der Waals surface area contributed by atoms with Crippen molar-refractivity contribution in [3.05, 3.63) is 0 Å². The number of thioether (sulfide) groups is 1. The maximum absolute atomic E-state index is 4.24. The molecule has 0 aliphatic carbocycles. The van der Waals surface area contributed by atoms with Crippen molar-refractivity contribution in [2.75, 3.05) is 35.0 Å². The standard InChI is InChI=1S/C9H20S3/c1-3-4-6-11-7-9-12(2)8-5-10/h3-9H2,1-2H3/p+1. The third-order valence-corrected chi connectivity index (χ3v) is 5.31. The average molecular weight is 225 g/mol. The van der Waals surface area contributed by atoms with Gasteiger partial charge in [-0.3, -0.25) is 0 Å². The topological polar surface area (TPSA) is 0 Å². The summed E-state index contributed by atoms with van der Waals surface area (Å²) < 4.78 is 0. The van der Waals surface area contributed by atoms with Crippen LogP contribution in [-0.2, 0) is 10.9 Å². The summed E-state index contributed by atoms with van der Waals surface area (Å²) in [7, 11) is 0.627. The quantitative estimate of drug-likeness (QED) is 0.376. The Hall–Kier alpha value is 1.05. The number of hydrogen-bond donors (Lipinski definition) is 1. The second-order valence-electron chi connectivity index (χ2n) is 2.88. The van der Waals surface area contributed by atoms with Crippen LogP contribution in [0.5, 0.6) is 0 Å². The molecule has 0 aromatic carbocycles. The van der Waals surface area contributed by atoms with Gasteiger partial charge in [-0.05, 0) is 23.1 Å². The van der Waals surface area contributed by atoms with Crippen LogP contribution in [0.3, 0.4) is 0 Å². The van der Waals surface area contributed by atoms with Crippen LogP contribution < -0.4 is 0 Å². The number of hydrogen-bond acceptors (Lipinski definition) is 2. The van der Waals surface area contributed by atoms with E-state index in [2.05, 4.69) is 37.6 Å². The van der Waals surface area contributed by atoms with Gasteiger partial charge in [0.2, 0.25) is 0 Å². The van der Waals surface area contributed by atoms with Gasteiger partial charge in [-0.15, -0.1) is 0 Å². The fourth-order valence-corrected chi connectivity index (χ4v) is 4.56. The van der Waals surface area contributed by atoms with Crippen LogP contribution in [0.4, 0.5) is 0 Å². The molecule has 0 aromatic heterocycles. The molecule has 0 rings (SSSR count). The lowest BCUT2D eigenvalue weighted by atomic mass is 10.4. The maximum Gasteiger partial charge on any atom is 0.116 e. The zero-order valence-electron chi connectivity index (χ0n) is 8.21. The minimum atomic E-state index is 0.627. The van der Waals surface area contributed by atoms with Crippen LogP contribution >= 0.6 is 24.4 Å². The summed E-state index contributed by atoms with van der Waals surface area (Å²) in [4.78, 5) is 0. The zero-order chi connectivity index (χ0) is 9.23. The third-order valence-electron chi connectivity index (χ3n) is 1.66. The Morgan fingerprint density at radius 1 is 1.25 bits per heavy atom. The Balaban J connectivity index is 2.97. The van der Waals surface area contributed by atoms with E-state index in [0.717, 1.165) is 5.75 Å². The Morgan fingerprint density at radius 2 is 2.00 bits per heavy atom. The van der Waals surface area contributed by atoms with Crippen molar-refractivity contribution in [3.63, 3.8) is 0 Å². The molecule has 0 nitrogen and oxygen atoms in total. The van der Waals surface area contributed by atoms with Crippen molar-refractivity contribution in [1.29, 1.82) is 0 Å². The first-order valence-electron chi connectivity index (χ1n) is 4.59. The zero-order valence-corrected chi connectivity index (χ0v) is 10.7. The highest BCUT2D eigenvalue weighted by Crippen LogP contribution is 2.06. The number of rotatable bonds is 8.